The summed E-state index contributed by atoms with van der Waals surface area (Å²) in [5.74, 6) is -0.856. The predicted octanol–water partition coefficient (Wildman–Crippen LogP) is 3.51. The van der Waals surface area contributed by atoms with E-state index in [2.05, 4.69) is 26.2 Å². The van der Waals surface area contributed by atoms with Crippen LogP contribution in [0, 0.1) is 0 Å². The van der Waals surface area contributed by atoms with Crippen LogP contribution in [-0.2, 0) is 16.0 Å². The third-order valence-corrected chi connectivity index (χ3v) is 4.53. The van der Waals surface area contributed by atoms with Gasteiger partial charge in [0.25, 0.3) is 5.91 Å². The molecule has 1 N–H and O–H groups in total. The zero-order valence-electron chi connectivity index (χ0n) is 14.1. The van der Waals surface area contributed by atoms with Crippen LogP contribution in [0.4, 0.5) is 0 Å². The predicted molar refractivity (Wildman–Crippen MR) is 103 cm³/mol. The number of pyridine rings is 1. The van der Waals surface area contributed by atoms with Gasteiger partial charge in [0, 0.05) is 22.5 Å². The van der Waals surface area contributed by atoms with Gasteiger partial charge in [-0.2, -0.15) is 0 Å². The van der Waals surface area contributed by atoms with Gasteiger partial charge in [-0.05, 0) is 29.8 Å². The Balaban J connectivity index is 1.79. The Morgan fingerprint density at radius 3 is 2.62 bits per heavy atom. The van der Waals surface area contributed by atoms with Gasteiger partial charge in [0.1, 0.15) is 6.04 Å². The number of benzene rings is 2. The van der Waals surface area contributed by atoms with E-state index in [4.69, 9.17) is 4.74 Å². The van der Waals surface area contributed by atoms with Gasteiger partial charge in [-0.15, -0.1) is 0 Å². The molecule has 0 fully saturated rings. The molecule has 1 amide bonds. The molecule has 132 valence electrons. The summed E-state index contributed by atoms with van der Waals surface area (Å²) in [5.41, 5.74) is 2.12. The van der Waals surface area contributed by atoms with Crippen LogP contribution >= 0.6 is 15.9 Å². The van der Waals surface area contributed by atoms with Gasteiger partial charge in [0.05, 0.1) is 18.2 Å². The number of nitrogens with one attached hydrogen (secondary N) is 1. The quantitative estimate of drug-likeness (QED) is 0.651. The summed E-state index contributed by atoms with van der Waals surface area (Å²) in [5, 5.41) is 3.61. The number of rotatable bonds is 5. The van der Waals surface area contributed by atoms with E-state index in [1.54, 1.807) is 6.07 Å². The Labute approximate surface area is 159 Å². The Bertz CT molecular complexity index is 941. The third-order valence-electron chi connectivity index (χ3n) is 4.00. The van der Waals surface area contributed by atoms with Crippen molar-refractivity contribution in [3.63, 3.8) is 0 Å². The van der Waals surface area contributed by atoms with Crippen LogP contribution < -0.4 is 5.32 Å². The zero-order valence-corrected chi connectivity index (χ0v) is 15.7. The SMILES string of the molecule is COC(=O)[C@H](Cc1ccc(Br)cc1)NC(=O)c1cnc2ccccc2c1. The molecule has 0 spiro atoms. The van der Waals surface area contributed by atoms with Crippen LogP contribution in [0.1, 0.15) is 15.9 Å². The summed E-state index contributed by atoms with van der Waals surface area (Å²) in [6.45, 7) is 0. The van der Waals surface area contributed by atoms with Crippen LogP contribution in [0.3, 0.4) is 0 Å². The van der Waals surface area contributed by atoms with E-state index in [1.807, 2.05) is 48.5 Å². The Morgan fingerprint density at radius 2 is 1.88 bits per heavy atom. The molecule has 2 aromatic carbocycles. The summed E-state index contributed by atoms with van der Waals surface area (Å²) in [6, 6.07) is 16.1. The molecule has 3 aromatic rings. The van der Waals surface area contributed by atoms with E-state index >= 15 is 0 Å². The molecule has 0 saturated carbocycles. The van der Waals surface area contributed by atoms with Crippen molar-refractivity contribution in [2.45, 2.75) is 12.5 Å². The molecule has 0 unspecified atom stereocenters. The van der Waals surface area contributed by atoms with E-state index in [-0.39, 0.29) is 5.91 Å². The van der Waals surface area contributed by atoms with Crippen molar-refractivity contribution in [1.82, 2.24) is 10.3 Å². The molecule has 0 aliphatic rings. The van der Waals surface area contributed by atoms with E-state index in [0.29, 0.717) is 12.0 Å². The van der Waals surface area contributed by atoms with Gasteiger partial charge in [0.15, 0.2) is 0 Å². The number of carbonyl (C=O) groups excluding carboxylic acids is 2. The average molecular weight is 413 g/mol. The van der Waals surface area contributed by atoms with Crippen molar-refractivity contribution in [2.24, 2.45) is 0 Å². The lowest BCUT2D eigenvalue weighted by Crippen LogP contribution is -2.43. The van der Waals surface area contributed by atoms with Crippen LogP contribution in [0.5, 0.6) is 0 Å². The third kappa shape index (κ3) is 4.26. The second-order valence-electron chi connectivity index (χ2n) is 5.80. The van der Waals surface area contributed by atoms with Crippen molar-refractivity contribution >= 4 is 38.7 Å². The molecule has 0 saturated heterocycles. The van der Waals surface area contributed by atoms with Gasteiger partial charge in [0.2, 0.25) is 0 Å². The highest BCUT2D eigenvalue weighted by atomic mass is 79.9. The van der Waals surface area contributed by atoms with Gasteiger partial charge >= 0.3 is 5.97 Å². The number of aromatic nitrogens is 1. The summed E-state index contributed by atoms with van der Waals surface area (Å²) < 4.78 is 5.78. The first-order valence-electron chi connectivity index (χ1n) is 8.05. The van der Waals surface area contributed by atoms with Gasteiger partial charge in [-0.1, -0.05) is 46.3 Å². The summed E-state index contributed by atoms with van der Waals surface area (Å²) in [7, 11) is 1.31. The number of carbonyl (C=O) groups is 2. The lowest BCUT2D eigenvalue weighted by Gasteiger charge is -2.17. The maximum atomic E-state index is 12.6. The highest BCUT2D eigenvalue weighted by molar-refractivity contribution is 9.10. The van der Waals surface area contributed by atoms with Gasteiger partial charge in [-0.25, -0.2) is 4.79 Å². The molecule has 1 aromatic heterocycles. The zero-order chi connectivity index (χ0) is 18.5. The van der Waals surface area contributed by atoms with Crippen molar-refractivity contribution in [1.29, 1.82) is 0 Å². The smallest absolute Gasteiger partial charge is 0.328 e. The molecule has 1 heterocycles. The van der Waals surface area contributed by atoms with E-state index in [9.17, 15) is 9.59 Å². The number of fused-ring (bicyclic) bond motifs is 1. The number of methoxy groups -OCH3 is 1. The highest BCUT2D eigenvalue weighted by Gasteiger charge is 2.23. The number of halogens is 1. The second-order valence-corrected chi connectivity index (χ2v) is 6.71. The first-order chi connectivity index (χ1) is 12.6. The fraction of sp³-hybridized carbons (Fsp3) is 0.150. The van der Waals surface area contributed by atoms with E-state index in [0.717, 1.165) is 20.9 Å². The summed E-state index contributed by atoms with van der Waals surface area (Å²) in [4.78, 5) is 29.0. The number of amides is 1. The van der Waals surface area contributed by atoms with Crippen LogP contribution in [-0.4, -0.2) is 30.0 Å². The number of ether oxygens (including phenoxy) is 1. The topological polar surface area (TPSA) is 68.3 Å². The molecular weight excluding hydrogens is 396 g/mol. The minimum absolute atomic E-state index is 0.340. The summed E-state index contributed by atoms with van der Waals surface area (Å²) in [6.07, 6.45) is 1.85. The molecular formula is C20H17BrN2O3. The molecule has 6 heteroatoms. The maximum Gasteiger partial charge on any atom is 0.328 e. The molecule has 0 aliphatic heterocycles. The van der Waals surface area contributed by atoms with Crippen molar-refractivity contribution in [3.05, 3.63) is 76.4 Å². The normalized spacial score (nSPS) is 11.8. The number of hydrogen-bond acceptors (Lipinski definition) is 4. The van der Waals surface area contributed by atoms with Gasteiger partial charge in [-0.3, -0.25) is 9.78 Å². The number of hydrogen-bond donors (Lipinski definition) is 1. The Kier molecular flexibility index (Phi) is 5.63. The Hall–Kier alpha value is -2.73. The average Bonchev–Trinajstić information content (AvgIpc) is 2.68. The standard InChI is InChI=1S/C20H17BrN2O3/c1-26-20(25)18(10-13-6-8-16(21)9-7-13)23-19(24)15-11-14-4-2-3-5-17(14)22-12-15/h2-9,11-12,18H,10H2,1H3,(H,23,24)/t18-/m0/s1. The number of nitrogens with zero attached hydrogens (tertiary/aromatic N) is 1. The van der Waals surface area contributed by atoms with E-state index in [1.165, 1.54) is 13.3 Å². The molecule has 0 aliphatic carbocycles. The van der Waals surface area contributed by atoms with Gasteiger partial charge < -0.3 is 10.1 Å². The fourth-order valence-corrected chi connectivity index (χ4v) is 2.89. The molecule has 5 nitrogen and oxygen atoms in total. The molecule has 0 radical (unpaired) electrons. The van der Waals surface area contributed by atoms with Crippen molar-refractivity contribution < 1.29 is 14.3 Å². The minimum Gasteiger partial charge on any atom is -0.467 e. The number of para-hydroxylation sites is 1. The molecule has 26 heavy (non-hydrogen) atoms. The lowest BCUT2D eigenvalue weighted by atomic mass is 10.1. The van der Waals surface area contributed by atoms with Crippen molar-refractivity contribution in [3.8, 4) is 0 Å². The summed E-state index contributed by atoms with van der Waals surface area (Å²) >= 11 is 3.38. The first-order valence-corrected chi connectivity index (χ1v) is 8.84. The van der Waals surface area contributed by atoms with Crippen LogP contribution in [0.15, 0.2) is 65.3 Å². The monoisotopic (exact) mass is 412 g/mol. The maximum absolute atomic E-state index is 12.6. The lowest BCUT2D eigenvalue weighted by molar-refractivity contribution is -0.142. The first kappa shape index (κ1) is 18.1. The fourth-order valence-electron chi connectivity index (χ4n) is 2.63. The largest absolute Gasteiger partial charge is 0.467 e. The minimum atomic E-state index is -0.778. The molecule has 3 rings (SSSR count). The second kappa shape index (κ2) is 8.10. The van der Waals surface area contributed by atoms with Crippen LogP contribution in [0.25, 0.3) is 10.9 Å². The number of esters is 1. The van der Waals surface area contributed by atoms with E-state index < -0.39 is 12.0 Å². The van der Waals surface area contributed by atoms with Crippen molar-refractivity contribution in [2.75, 3.05) is 7.11 Å². The Morgan fingerprint density at radius 1 is 1.15 bits per heavy atom. The van der Waals surface area contributed by atoms with Crippen LogP contribution in [0.2, 0.25) is 0 Å². The molecule has 1 atom stereocenters. The highest BCUT2D eigenvalue weighted by Crippen LogP contribution is 2.14. The molecule has 0 bridgehead atoms.